The maximum Gasteiger partial charge on any atom is 0.0739 e. The third-order valence-corrected chi connectivity index (χ3v) is 5.20. The number of halogens is 1. The van der Waals surface area contributed by atoms with E-state index in [0.29, 0.717) is 6.04 Å². The number of rotatable bonds is 5. The topological polar surface area (TPSA) is 41.3 Å². The van der Waals surface area contributed by atoms with Crippen molar-refractivity contribution in [1.82, 2.24) is 14.7 Å². The first-order chi connectivity index (χ1) is 9.52. The van der Waals surface area contributed by atoms with Crippen LogP contribution in [0.5, 0.6) is 0 Å². The van der Waals surface area contributed by atoms with Crippen molar-refractivity contribution in [2.24, 2.45) is 0 Å². The summed E-state index contributed by atoms with van der Waals surface area (Å²) in [5.74, 6) is 0. The van der Waals surface area contributed by atoms with Crippen molar-refractivity contribution in [3.63, 3.8) is 0 Å². The van der Waals surface area contributed by atoms with E-state index in [0.717, 1.165) is 36.2 Å². The average Bonchev–Trinajstić information content (AvgIpc) is 2.68. The molecule has 1 aromatic rings. The van der Waals surface area contributed by atoms with Crippen molar-refractivity contribution in [2.45, 2.75) is 71.7 Å². The number of likely N-dealkylation sites (tertiary alicyclic amines) is 1. The minimum Gasteiger partial charge on any atom is -0.393 e. The molecule has 1 aliphatic heterocycles. The fourth-order valence-corrected chi connectivity index (χ4v) is 3.55. The van der Waals surface area contributed by atoms with Gasteiger partial charge in [-0.15, -0.1) is 0 Å². The normalized spacial score (nSPS) is 22.1. The minimum absolute atomic E-state index is 0.220. The molecule has 0 radical (unpaired) electrons. The predicted molar refractivity (Wildman–Crippen MR) is 84.7 cm³/mol. The second-order valence-corrected chi connectivity index (χ2v) is 6.66. The summed E-state index contributed by atoms with van der Waals surface area (Å²) in [6.45, 7) is 9.01. The second kappa shape index (κ2) is 7.05. The van der Waals surface area contributed by atoms with Gasteiger partial charge in [0.25, 0.3) is 0 Å². The largest absolute Gasteiger partial charge is 0.393 e. The highest BCUT2D eigenvalue weighted by Crippen LogP contribution is 2.27. The SMILES string of the molecule is CCn1nc(C)c(Br)c1CN1CCCCC1CC(C)O. The molecule has 0 bridgehead atoms. The van der Waals surface area contributed by atoms with Gasteiger partial charge < -0.3 is 5.11 Å². The number of aliphatic hydroxyl groups is 1. The van der Waals surface area contributed by atoms with Crippen molar-refractivity contribution in [1.29, 1.82) is 0 Å². The summed E-state index contributed by atoms with van der Waals surface area (Å²) < 4.78 is 3.23. The highest BCUT2D eigenvalue weighted by molar-refractivity contribution is 9.10. The molecule has 20 heavy (non-hydrogen) atoms. The van der Waals surface area contributed by atoms with Gasteiger partial charge in [0, 0.05) is 19.1 Å². The van der Waals surface area contributed by atoms with Gasteiger partial charge in [-0.3, -0.25) is 9.58 Å². The molecule has 0 aliphatic carbocycles. The van der Waals surface area contributed by atoms with Crippen LogP contribution < -0.4 is 0 Å². The first kappa shape index (κ1) is 16.0. The summed E-state index contributed by atoms with van der Waals surface area (Å²) in [5, 5.41) is 14.3. The molecular weight excluding hydrogens is 318 g/mol. The van der Waals surface area contributed by atoms with Gasteiger partial charge >= 0.3 is 0 Å². The molecule has 0 amide bonds. The number of hydrogen-bond donors (Lipinski definition) is 1. The van der Waals surface area contributed by atoms with E-state index in [1.165, 1.54) is 25.0 Å². The average molecular weight is 344 g/mol. The molecule has 0 saturated carbocycles. The Morgan fingerprint density at radius 2 is 2.20 bits per heavy atom. The van der Waals surface area contributed by atoms with E-state index in [4.69, 9.17) is 0 Å². The van der Waals surface area contributed by atoms with Crippen molar-refractivity contribution in [3.8, 4) is 0 Å². The van der Waals surface area contributed by atoms with E-state index in [9.17, 15) is 5.11 Å². The number of aromatic nitrogens is 2. The van der Waals surface area contributed by atoms with E-state index in [1.807, 2.05) is 13.8 Å². The van der Waals surface area contributed by atoms with E-state index in [1.54, 1.807) is 0 Å². The van der Waals surface area contributed by atoms with Gasteiger partial charge in [-0.1, -0.05) is 6.42 Å². The van der Waals surface area contributed by atoms with Crippen LogP contribution in [0.25, 0.3) is 0 Å². The summed E-state index contributed by atoms with van der Waals surface area (Å²) in [6, 6.07) is 0.496. The Bertz CT molecular complexity index is 445. The number of aryl methyl sites for hydroxylation is 2. The maximum absolute atomic E-state index is 9.69. The van der Waals surface area contributed by atoms with Gasteiger partial charge in [-0.25, -0.2) is 0 Å². The molecule has 1 aromatic heterocycles. The molecule has 1 N–H and O–H groups in total. The Kier molecular flexibility index (Phi) is 5.64. The lowest BCUT2D eigenvalue weighted by molar-refractivity contribution is 0.0797. The van der Waals surface area contributed by atoms with Gasteiger partial charge in [0.2, 0.25) is 0 Å². The molecule has 2 rings (SSSR count). The van der Waals surface area contributed by atoms with Crippen LogP contribution >= 0.6 is 15.9 Å². The van der Waals surface area contributed by atoms with E-state index < -0.39 is 0 Å². The van der Waals surface area contributed by atoms with Crippen LogP contribution in [-0.4, -0.2) is 38.5 Å². The molecule has 5 heteroatoms. The lowest BCUT2D eigenvalue weighted by Crippen LogP contribution is -2.41. The highest BCUT2D eigenvalue weighted by atomic mass is 79.9. The van der Waals surface area contributed by atoms with E-state index in [-0.39, 0.29) is 6.10 Å². The van der Waals surface area contributed by atoms with Gasteiger partial charge in [-0.2, -0.15) is 5.10 Å². The Labute approximate surface area is 130 Å². The third-order valence-electron chi connectivity index (χ3n) is 4.17. The van der Waals surface area contributed by atoms with Gasteiger partial charge in [0.15, 0.2) is 0 Å². The van der Waals surface area contributed by atoms with Crippen molar-refractivity contribution >= 4 is 15.9 Å². The molecule has 0 aromatic carbocycles. The predicted octanol–water partition coefficient (Wildman–Crippen LogP) is 3.10. The molecule has 1 fully saturated rings. The van der Waals surface area contributed by atoms with Crippen LogP contribution in [0.2, 0.25) is 0 Å². The number of piperidine rings is 1. The van der Waals surface area contributed by atoms with Crippen molar-refractivity contribution in [2.75, 3.05) is 6.54 Å². The first-order valence-corrected chi connectivity index (χ1v) is 8.46. The maximum atomic E-state index is 9.69. The van der Waals surface area contributed by atoms with Crippen LogP contribution in [0, 0.1) is 6.92 Å². The zero-order chi connectivity index (χ0) is 14.7. The van der Waals surface area contributed by atoms with Crippen LogP contribution in [0.15, 0.2) is 4.47 Å². The zero-order valence-corrected chi connectivity index (χ0v) is 14.4. The Morgan fingerprint density at radius 3 is 2.85 bits per heavy atom. The lowest BCUT2D eigenvalue weighted by atomic mass is 9.97. The molecule has 1 aliphatic rings. The van der Waals surface area contributed by atoms with Crippen LogP contribution in [-0.2, 0) is 13.1 Å². The molecular formula is C15H26BrN3O. The van der Waals surface area contributed by atoms with Crippen LogP contribution in [0.1, 0.15) is 50.9 Å². The van der Waals surface area contributed by atoms with Gasteiger partial charge in [-0.05, 0) is 62.5 Å². The summed E-state index contributed by atoms with van der Waals surface area (Å²) in [5.41, 5.74) is 2.33. The van der Waals surface area contributed by atoms with Crippen LogP contribution in [0.4, 0.5) is 0 Å². The van der Waals surface area contributed by atoms with Crippen molar-refractivity contribution < 1.29 is 5.11 Å². The fourth-order valence-electron chi connectivity index (χ4n) is 3.14. The monoisotopic (exact) mass is 343 g/mol. The zero-order valence-electron chi connectivity index (χ0n) is 12.8. The summed E-state index contributed by atoms with van der Waals surface area (Å²) in [4.78, 5) is 2.52. The molecule has 2 atom stereocenters. The number of nitrogens with zero attached hydrogens (tertiary/aromatic N) is 3. The summed E-state index contributed by atoms with van der Waals surface area (Å²) >= 11 is 3.68. The van der Waals surface area contributed by atoms with E-state index in [2.05, 4.69) is 37.5 Å². The quantitative estimate of drug-likeness (QED) is 0.892. The summed E-state index contributed by atoms with van der Waals surface area (Å²) in [6.07, 6.45) is 4.38. The Hall–Kier alpha value is -0.390. The van der Waals surface area contributed by atoms with Gasteiger partial charge in [0.05, 0.1) is 22.0 Å². The number of hydrogen-bond acceptors (Lipinski definition) is 3. The molecule has 2 unspecified atom stereocenters. The number of aliphatic hydroxyl groups excluding tert-OH is 1. The minimum atomic E-state index is -0.220. The standard InChI is InChI=1S/C15H26BrN3O/c1-4-19-14(15(16)12(3)17-19)10-18-8-6-5-7-13(18)9-11(2)20/h11,13,20H,4-10H2,1-3H3. The Balaban J connectivity index is 2.14. The smallest absolute Gasteiger partial charge is 0.0739 e. The fraction of sp³-hybridized carbons (Fsp3) is 0.800. The Morgan fingerprint density at radius 1 is 1.45 bits per heavy atom. The second-order valence-electron chi connectivity index (χ2n) is 5.87. The summed E-state index contributed by atoms with van der Waals surface area (Å²) in [7, 11) is 0. The van der Waals surface area contributed by atoms with Crippen molar-refractivity contribution in [3.05, 3.63) is 15.9 Å². The molecule has 4 nitrogen and oxygen atoms in total. The molecule has 0 spiro atoms. The molecule has 1 saturated heterocycles. The first-order valence-electron chi connectivity index (χ1n) is 7.66. The van der Waals surface area contributed by atoms with E-state index >= 15 is 0 Å². The van der Waals surface area contributed by atoms with Gasteiger partial charge in [0.1, 0.15) is 0 Å². The molecule has 2 heterocycles. The van der Waals surface area contributed by atoms with Crippen LogP contribution in [0.3, 0.4) is 0 Å². The lowest BCUT2D eigenvalue weighted by Gasteiger charge is -2.36. The third kappa shape index (κ3) is 3.62. The highest BCUT2D eigenvalue weighted by Gasteiger charge is 2.25. The molecule has 114 valence electrons.